The van der Waals surface area contributed by atoms with Crippen LogP contribution in [0.3, 0.4) is 0 Å². The van der Waals surface area contributed by atoms with Crippen LogP contribution in [0, 0.1) is 11.7 Å². The minimum atomic E-state index is -0.637. The molecule has 3 rings (SSSR count). The van der Waals surface area contributed by atoms with Crippen molar-refractivity contribution in [2.24, 2.45) is 5.92 Å². The number of fused-ring (bicyclic) bond motifs is 1. The minimum Gasteiger partial charge on any atom is -0.294 e. The fourth-order valence-electron chi connectivity index (χ4n) is 2.68. The van der Waals surface area contributed by atoms with Crippen molar-refractivity contribution in [2.45, 2.75) is 12.8 Å². The van der Waals surface area contributed by atoms with E-state index in [2.05, 4.69) is 15.9 Å². The molecule has 1 aliphatic rings. The first-order chi connectivity index (χ1) is 9.58. The molecule has 0 fully saturated rings. The van der Waals surface area contributed by atoms with Gasteiger partial charge in [0.2, 0.25) is 0 Å². The summed E-state index contributed by atoms with van der Waals surface area (Å²) in [5.41, 5.74) is 2.43. The summed E-state index contributed by atoms with van der Waals surface area (Å²) in [4.78, 5) is 12.5. The zero-order valence-corrected chi connectivity index (χ0v) is 12.8. The van der Waals surface area contributed by atoms with Crippen molar-refractivity contribution in [2.75, 3.05) is 0 Å². The summed E-state index contributed by atoms with van der Waals surface area (Å²) in [5.74, 6) is -1.01. The lowest BCUT2D eigenvalue weighted by Crippen LogP contribution is -2.16. The van der Waals surface area contributed by atoms with E-state index in [0.29, 0.717) is 17.3 Å². The molecular formula is C16H11BrClFO. The maximum atomic E-state index is 14.1. The van der Waals surface area contributed by atoms with Crippen LogP contribution in [-0.2, 0) is 12.8 Å². The SMILES string of the molecule is O=C(c1ccc(Br)c(Cl)c1F)C1Cc2ccccc2C1. The number of benzene rings is 2. The molecule has 2 aromatic rings. The Hall–Kier alpha value is -1.19. The van der Waals surface area contributed by atoms with Gasteiger partial charge in [0.25, 0.3) is 0 Å². The Bertz CT molecular complexity index is 674. The topological polar surface area (TPSA) is 17.1 Å². The molecule has 0 aliphatic heterocycles. The molecule has 0 unspecified atom stereocenters. The van der Waals surface area contributed by atoms with E-state index in [1.54, 1.807) is 6.07 Å². The Balaban J connectivity index is 1.91. The van der Waals surface area contributed by atoms with E-state index < -0.39 is 5.82 Å². The molecule has 0 heterocycles. The number of Topliss-reactive ketones (excluding diaryl/α,β-unsaturated/α-hetero) is 1. The molecule has 4 heteroatoms. The second kappa shape index (κ2) is 5.30. The molecule has 0 saturated carbocycles. The van der Waals surface area contributed by atoms with Crippen LogP contribution in [0.2, 0.25) is 5.02 Å². The Morgan fingerprint density at radius 1 is 1.15 bits per heavy atom. The molecular weight excluding hydrogens is 343 g/mol. The van der Waals surface area contributed by atoms with Gasteiger partial charge in [-0.25, -0.2) is 4.39 Å². The number of rotatable bonds is 2. The molecule has 102 valence electrons. The van der Waals surface area contributed by atoms with Gasteiger partial charge in [0.15, 0.2) is 11.6 Å². The monoisotopic (exact) mass is 352 g/mol. The van der Waals surface area contributed by atoms with E-state index in [1.165, 1.54) is 17.2 Å². The zero-order chi connectivity index (χ0) is 14.3. The van der Waals surface area contributed by atoms with Crippen LogP contribution in [0.1, 0.15) is 21.5 Å². The number of carbonyl (C=O) groups is 1. The van der Waals surface area contributed by atoms with Gasteiger partial charge in [-0.3, -0.25) is 4.79 Å². The van der Waals surface area contributed by atoms with Gasteiger partial charge in [0.1, 0.15) is 0 Å². The Morgan fingerprint density at radius 2 is 1.75 bits per heavy atom. The summed E-state index contributed by atoms with van der Waals surface area (Å²) in [6.45, 7) is 0. The van der Waals surface area contributed by atoms with Gasteiger partial charge >= 0.3 is 0 Å². The summed E-state index contributed by atoms with van der Waals surface area (Å²) in [6.07, 6.45) is 1.34. The largest absolute Gasteiger partial charge is 0.294 e. The van der Waals surface area contributed by atoms with Crippen molar-refractivity contribution < 1.29 is 9.18 Å². The van der Waals surface area contributed by atoms with Crippen LogP contribution >= 0.6 is 27.5 Å². The van der Waals surface area contributed by atoms with Gasteiger partial charge in [-0.2, -0.15) is 0 Å². The normalized spacial score (nSPS) is 14.3. The molecule has 1 nitrogen and oxygen atoms in total. The quantitative estimate of drug-likeness (QED) is 0.558. The van der Waals surface area contributed by atoms with E-state index >= 15 is 0 Å². The van der Waals surface area contributed by atoms with Gasteiger partial charge in [0, 0.05) is 10.4 Å². The van der Waals surface area contributed by atoms with Gasteiger partial charge in [-0.15, -0.1) is 0 Å². The second-order valence-electron chi connectivity index (χ2n) is 4.96. The van der Waals surface area contributed by atoms with Crippen LogP contribution in [0.4, 0.5) is 4.39 Å². The third-order valence-corrected chi connectivity index (χ3v) is 4.98. The molecule has 1 aliphatic carbocycles. The Kier molecular flexibility index (Phi) is 3.65. The van der Waals surface area contributed by atoms with Crippen molar-refractivity contribution in [3.63, 3.8) is 0 Å². The Morgan fingerprint density at radius 3 is 2.35 bits per heavy atom. The summed E-state index contributed by atoms with van der Waals surface area (Å²) in [5, 5.41) is -0.0358. The third kappa shape index (κ3) is 2.29. The minimum absolute atomic E-state index is 0.0358. The highest BCUT2D eigenvalue weighted by molar-refractivity contribution is 9.10. The van der Waals surface area contributed by atoms with Crippen molar-refractivity contribution >= 4 is 33.3 Å². The first-order valence-electron chi connectivity index (χ1n) is 6.32. The summed E-state index contributed by atoms with van der Waals surface area (Å²) in [7, 11) is 0. The summed E-state index contributed by atoms with van der Waals surface area (Å²) >= 11 is 9.00. The van der Waals surface area contributed by atoms with E-state index in [9.17, 15) is 9.18 Å². The molecule has 0 radical (unpaired) electrons. The molecule has 0 saturated heterocycles. The molecule has 2 aromatic carbocycles. The maximum absolute atomic E-state index is 14.1. The average Bonchev–Trinajstić information content (AvgIpc) is 2.88. The lowest BCUT2D eigenvalue weighted by Gasteiger charge is -2.10. The van der Waals surface area contributed by atoms with Crippen LogP contribution in [-0.4, -0.2) is 5.78 Å². The van der Waals surface area contributed by atoms with E-state index in [-0.39, 0.29) is 22.3 Å². The van der Waals surface area contributed by atoms with Crippen molar-refractivity contribution in [3.8, 4) is 0 Å². The van der Waals surface area contributed by atoms with Gasteiger partial charge in [0.05, 0.1) is 10.6 Å². The third-order valence-electron chi connectivity index (χ3n) is 3.72. The highest BCUT2D eigenvalue weighted by Gasteiger charge is 2.30. The average molecular weight is 354 g/mol. The fraction of sp³-hybridized carbons (Fsp3) is 0.188. The van der Waals surface area contributed by atoms with Crippen LogP contribution in [0.15, 0.2) is 40.9 Å². The first kappa shape index (κ1) is 13.8. The van der Waals surface area contributed by atoms with Gasteiger partial charge < -0.3 is 0 Å². The van der Waals surface area contributed by atoms with Crippen molar-refractivity contribution in [1.82, 2.24) is 0 Å². The summed E-state index contributed by atoms with van der Waals surface area (Å²) < 4.78 is 14.6. The van der Waals surface area contributed by atoms with Crippen molar-refractivity contribution in [3.05, 3.63) is 68.4 Å². The number of halogens is 3. The molecule has 0 atom stereocenters. The Labute approximate surface area is 129 Å². The van der Waals surface area contributed by atoms with Gasteiger partial charge in [-0.05, 0) is 52.0 Å². The van der Waals surface area contributed by atoms with E-state index in [4.69, 9.17) is 11.6 Å². The van der Waals surface area contributed by atoms with Crippen molar-refractivity contribution in [1.29, 1.82) is 0 Å². The molecule has 0 aromatic heterocycles. The fourth-order valence-corrected chi connectivity index (χ4v) is 3.15. The highest BCUT2D eigenvalue weighted by atomic mass is 79.9. The molecule has 0 N–H and O–H groups in total. The van der Waals surface area contributed by atoms with Gasteiger partial charge in [-0.1, -0.05) is 35.9 Å². The second-order valence-corrected chi connectivity index (χ2v) is 6.19. The standard InChI is InChI=1S/C16H11BrClFO/c17-13-6-5-12(15(19)14(13)18)16(20)11-7-9-3-1-2-4-10(9)8-11/h1-6,11H,7-8H2. The summed E-state index contributed by atoms with van der Waals surface area (Å²) in [6, 6.07) is 11.1. The van der Waals surface area contributed by atoms with Crippen LogP contribution in [0.25, 0.3) is 0 Å². The van der Waals surface area contributed by atoms with E-state index in [0.717, 1.165) is 0 Å². The zero-order valence-electron chi connectivity index (χ0n) is 10.5. The first-order valence-corrected chi connectivity index (χ1v) is 7.49. The van der Waals surface area contributed by atoms with E-state index in [1.807, 2.05) is 24.3 Å². The smallest absolute Gasteiger partial charge is 0.169 e. The lowest BCUT2D eigenvalue weighted by molar-refractivity contribution is 0.0920. The number of hydrogen-bond donors (Lipinski definition) is 0. The predicted molar refractivity (Wildman–Crippen MR) is 80.8 cm³/mol. The number of carbonyl (C=O) groups excluding carboxylic acids is 1. The molecule has 0 bridgehead atoms. The molecule has 0 spiro atoms. The predicted octanol–water partition coefficient (Wildman–Crippen LogP) is 4.84. The highest BCUT2D eigenvalue weighted by Crippen LogP contribution is 2.32. The molecule has 0 amide bonds. The van der Waals surface area contributed by atoms with Crippen LogP contribution < -0.4 is 0 Å². The lowest BCUT2D eigenvalue weighted by atomic mass is 9.95. The number of hydrogen-bond acceptors (Lipinski definition) is 1. The molecule has 20 heavy (non-hydrogen) atoms. The van der Waals surface area contributed by atoms with Crippen LogP contribution in [0.5, 0.6) is 0 Å². The maximum Gasteiger partial charge on any atom is 0.169 e. The number of ketones is 1.